The highest BCUT2D eigenvalue weighted by Crippen LogP contribution is 2.28. The van der Waals surface area contributed by atoms with E-state index < -0.39 is 17.7 Å². The van der Waals surface area contributed by atoms with E-state index in [9.17, 15) is 8.78 Å². The van der Waals surface area contributed by atoms with Gasteiger partial charge in [0.2, 0.25) is 0 Å². The Kier molecular flexibility index (Phi) is 2.83. The molecule has 0 aromatic heterocycles. The van der Waals surface area contributed by atoms with Gasteiger partial charge in [0.05, 0.1) is 18.8 Å². The molecular weight excluding hydrogens is 178 g/mol. The lowest BCUT2D eigenvalue weighted by Gasteiger charge is -2.11. The molecule has 72 valence electrons. The average Bonchev–Trinajstić information content (AvgIpc) is 2.08. The van der Waals surface area contributed by atoms with E-state index in [-0.39, 0.29) is 11.3 Å². The zero-order valence-electron chi connectivity index (χ0n) is 7.34. The predicted octanol–water partition coefficient (Wildman–Crippen LogP) is 2.03. The number of hydrogen-bond acceptors (Lipinski definition) is 2. The third-order valence-electron chi connectivity index (χ3n) is 1.73. The van der Waals surface area contributed by atoms with Crippen molar-refractivity contribution < 1.29 is 18.6 Å². The number of hydrogen-bond donors (Lipinski definition) is 1. The Hall–Kier alpha value is -1.16. The maximum Gasteiger partial charge on any atom is 0.168 e. The first kappa shape index (κ1) is 9.92. The molecule has 4 heteroatoms. The fraction of sp³-hybridized carbons (Fsp3) is 0.333. The molecule has 1 aromatic carbocycles. The Bertz CT molecular complexity index is 311. The molecule has 13 heavy (non-hydrogen) atoms. The van der Waals surface area contributed by atoms with Crippen LogP contribution in [-0.2, 0) is 0 Å². The Morgan fingerprint density at radius 2 is 2.00 bits per heavy atom. The summed E-state index contributed by atoms with van der Waals surface area (Å²) in [6, 6.07) is 2.24. The second-order valence-electron chi connectivity index (χ2n) is 2.65. The van der Waals surface area contributed by atoms with Crippen LogP contribution in [-0.4, -0.2) is 12.2 Å². The topological polar surface area (TPSA) is 29.5 Å². The van der Waals surface area contributed by atoms with E-state index in [2.05, 4.69) is 0 Å². The minimum Gasteiger partial charge on any atom is -0.496 e. The van der Waals surface area contributed by atoms with Gasteiger partial charge in [0.1, 0.15) is 5.75 Å². The van der Waals surface area contributed by atoms with E-state index in [1.54, 1.807) is 0 Å². The first-order chi connectivity index (χ1) is 6.07. The highest BCUT2D eigenvalue weighted by Gasteiger charge is 2.17. The number of aliphatic hydroxyl groups is 1. The number of benzene rings is 1. The van der Waals surface area contributed by atoms with E-state index in [4.69, 9.17) is 9.84 Å². The molecule has 1 rings (SSSR count). The molecule has 1 N–H and O–H groups in total. The van der Waals surface area contributed by atoms with E-state index >= 15 is 0 Å². The summed E-state index contributed by atoms with van der Waals surface area (Å²) in [6.45, 7) is 1.35. The minimum absolute atomic E-state index is 0.147. The Morgan fingerprint density at radius 1 is 1.38 bits per heavy atom. The first-order valence-electron chi connectivity index (χ1n) is 3.78. The van der Waals surface area contributed by atoms with Gasteiger partial charge in [-0.25, -0.2) is 8.78 Å². The monoisotopic (exact) mass is 188 g/mol. The smallest absolute Gasteiger partial charge is 0.168 e. The average molecular weight is 188 g/mol. The lowest BCUT2D eigenvalue weighted by molar-refractivity contribution is 0.187. The summed E-state index contributed by atoms with van der Waals surface area (Å²) in [5.74, 6) is -1.90. The Morgan fingerprint density at radius 3 is 2.46 bits per heavy atom. The lowest BCUT2D eigenvalue weighted by Crippen LogP contribution is -2.02. The molecule has 0 amide bonds. The van der Waals surface area contributed by atoms with Crippen molar-refractivity contribution >= 4 is 0 Å². The van der Waals surface area contributed by atoms with Crippen LogP contribution in [0.25, 0.3) is 0 Å². The number of halogens is 2. The molecular formula is C9H10F2O2. The zero-order chi connectivity index (χ0) is 10.0. The summed E-state index contributed by atoms with van der Waals surface area (Å²) in [5, 5.41) is 9.15. The van der Waals surface area contributed by atoms with Crippen LogP contribution >= 0.6 is 0 Å². The van der Waals surface area contributed by atoms with Crippen LogP contribution in [0, 0.1) is 11.6 Å². The van der Waals surface area contributed by atoms with Crippen molar-refractivity contribution in [1.29, 1.82) is 0 Å². The molecule has 0 aliphatic rings. The van der Waals surface area contributed by atoms with Gasteiger partial charge in [-0.05, 0) is 19.1 Å². The number of ether oxygens (including phenoxy) is 1. The van der Waals surface area contributed by atoms with Crippen molar-refractivity contribution in [3.05, 3.63) is 29.3 Å². The molecule has 0 heterocycles. The maximum atomic E-state index is 13.1. The van der Waals surface area contributed by atoms with Crippen LogP contribution in [0.2, 0.25) is 0 Å². The van der Waals surface area contributed by atoms with Gasteiger partial charge in [-0.1, -0.05) is 0 Å². The second-order valence-corrected chi connectivity index (χ2v) is 2.65. The predicted molar refractivity (Wildman–Crippen MR) is 43.5 cm³/mol. The number of methoxy groups -OCH3 is 1. The fourth-order valence-corrected chi connectivity index (χ4v) is 1.12. The summed E-state index contributed by atoms with van der Waals surface area (Å²) in [5.41, 5.74) is -0.150. The number of aliphatic hydroxyl groups excluding tert-OH is 1. The van der Waals surface area contributed by atoms with E-state index in [1.807, 2.05) is 0 Å². The summed E-state index contributed by atoms with van der Waals surface area (Å²) in [6.07, 6.45) is -1.09. The van der Waals surface area contributed by atoms with E-state index in [0.29, 0.717) is 0 Å². The van der Waals surface area contributed by atoms with Gasteiger partial charge in [0, 0.05) is 0 Å². The molecule has 1 unspecified atom stereocenters. The van der Waals surface area contributed by atoms with Crippen molar-refractivity contribution in [2.24, 2.45) is 0 Å². The molecule has 0 saturated carbocycles. The summed E-state index contributed by atoms with van der Waals surface area (Å²) >= 11 is 0. The number of rotatable bonds is 2. The SMILES string of the molecule is COc1ccc(F)c(F)c1C(C)O. The fourth-order valence-electron chi connectivity index (χ4n) is 1.12. The molecule has 1 atom stereocenters. The van der Waals surface area contributed by atoms with Gasteiger partial charge in [-0.15, -0.1) is 0 Å². The third kappa shape index (κ3) is 1.78. The van der Waals surface area contributed by atoms with Gasteiger partial charge in [0.15, 0.2) is 11.6 Å². The van der Waals surface area contributed by atoms with Crippen molar-refractivity contribution in [3.63, 3.8) is 0 Å². The largest absolute Gasteiger partial charge is 0.496 e. The van der Waals surface area contributed by atoms with Gasteiger partial charge in [0.25, 0.3) is 0 Å². The molecule has 0 radical (unpaired) electrons. The van der Waals surface area contributed by atoms with Crippen LogP contribution in [0.1, 0.15) is 18.6 Å². The first-order valence-corrected chi connectivity index (χ1v) is 3.78. The quantitative estimate of drug-likeness (QED) is 0.769. The van der Waals surface area contributed by atoms with Gasteiger partial charge < -0.3 is 9.84 Å². The van der Waals surface area contributed by atoms with Crippen molar-refractivity contribution in [1.82, 2.24) is 0 Å². The van der Waals surface area contributed by atoms with Crippen molar-refractivity contribution in [3.8, 4) is 5.75 Å². The second kappa shape index (κ2) is 3.70. The Labute approximate surface area is 74.8 Å². The van der Waals surface area contributed by atoms with Crippen LogP contribution in [0.3, 0.4) is 0 Å². The van der Waals surface area contributed by atoms with E-state index in [0.717, 1.165) is 6.07 Å². The molecule has 1 aromatic rings. The molecule has 0 bridgehead atoms. The van der Waals surface area contributed by atoms with Crippen LogP contribution in [0.4, 0.5) is 8.78 Å². The molecule has 0 saturated heterocycles. The van der Waals surface area contributed by atoms with Crippen molar-refractivity contribution in [2.75, 3.05) is 7.11 Å². The standard InChI is InChI=1S/C9H10F2O2/c1-5(12)8-7(13-2)4-3-6(10)9(8)11/h3-5,12H,1-2H3. The van der Waals surface area contributed by atoms with Gasteiger partial charge in [-0.3, -0.25) is 0 Å². The molecule has 0 aliphatic carbocycles. The van der Waals surface area contributed by atoms with E-state index in [1.165, 1.54) is 20.1 Å². The zero-order valence-corrected chi connectivity index (χ0v) is 7.34. The van der Waals surface area contributed by atoms with Crippen LogP contribution < -0.4 is 4.74 Å². The Balaban J connectivity index is 3.32. The van der Waals surface area contributed by atoms with Crippen LogP contribution in [0.15, 0.2) is 12.1 Å². The normalized spacial score (nSPS) is 12.7. The highest BCUT2D eigenvalue weighted by atomic mass is 19.2. The maximum absolute atomic E-state index is 13.1. The summed E-state index contributed by atoms with van der Waals surface area (Å²) in [7, 11) is 1.33. The van der Waals surface area contributed by atoms with Crippen molar-refractivity contribution in [2.45, 2.75) is 13.0 Å². The molecule has 0 spiro atoms. The molecule has 0 fully saturated rings. The molecule has 0 aliphatic heterocycles. The lowest BCUT2D eigenvalue weighted by atomic mass is 10.1. The van der Waals surface area contributed by atoms with Gasteiger partial charge >= 0.3 is 0 Å². The summed E-state index contributed by atoms with van der Waals surface area (Å²) in [4.78, 5) is 0. The molecule has 2 nitrogen and oxygen atoms in total. The van der Waals surface area contributed by atoms with Crippen LogP contribution in [0.5, 0.6) is 5.75 Å². The summed E-state index contributed by atoms with van der Waals surface area (Å²) < 4.78 is 30.6. The third-order valence-corrected chi connectivity index (χ3v) is 1.73. The minimum atomic E-state index is -1.09. The van der Waals surface area contributed by atoms with Gasteiger partial charge in [-0.2, -0.15) is 0 Å². The highest BCUT2D eigenvalue weighted by molar-refractivity contribution is 5.36.